The van der Waals surface area contributed by atoms with E-state index in [0.29, 0.717) is 10.7 Å². The predicted octanol–water partition coefficient (Wildman–Crippen LogP) is 2.94. The van der Waals surface area contributed by atoms with Crippen LogP contribution in [0.4, 0.5) is 0 Å². The number of amides is 1. The van der Waals surface area contributed by atoms with E-state index >= 15 is 0 Å². The van der Waals surface area contributed by atoms with Crippen molar-refractivity contribution < 1.29 is 24.2 Å². The summed E-state index contributed by atoms with van der Waals surface area (Å²) in [5.74, 6) is -0.574. The number of carboxylic acid groups (broad SMARTS) is 1. The molecule has 2 rings (SSSR count). The SMILES string of the molecule is COc1cccc(COC(C)C(=O)NC(C)c2nc(C)c(C(=O)O)s2)c1. The van der Waals surface area contributed by atoms with Gasteiger partial charge in [-0.25, -0.2) is 9.78 Å². The van der Waals surface area contributed by atoms with E-state index < -0.39 is 18.1 Å². The lowest BCUT2D eigenvalue weighted by Crippen LogP contribution is -2.36. The number of aryl methyl sites for hydroxylation is 1. The van der Waals surface area contributed by atoms with Gasteiger partial charge < -0.3 is 19.9 Å². The topological polar surface area (TPSA) is 97.8 Å². The van der Waals surface area contributed by atoms with Crippen LogP contribution in [0.1, 0.15) is 45.8 Å². The Morgan fingerprint density at radius 1 is 1.35 bits per heavy atom. The van der Waals surface area contributed by atoms with E-state index in [0.717, 1.165) is 22.6 Å². The van der Waals surface area contributed by atoms with Gasteiger partial charge in [0.2, 0.25) is 5.91 Å². The Labute approximate surface area is 156 Å². The third kappa shape index (κ3) is 5.03. The number of carboxylic acids is 1. The lowest BCUT2D eigenvalue weighted by atomic mass is 10.2. The van der Waals surface area contributed by atoms with Crippen molar-refractivity contribution in [3.8, 4) is 5.75 Å². The summed E-state index contributed by atoms with van der Waals surface area (Å²) < 4.78 is 10.8. The van der Waals surface area contributed by atoms with Crippen molar-refractivity contribution in [2.45, 2.75) is 39.5 Å². The zero-order valence-electron chi connectivity index (χ0n) is 15.1. The average Bonchev–Trinajstić information content (AvgIpc) is 3.02. The summed E-state index contributed by atoms with van der Waals surface area (Å²) in [7, 11) is 1.59. The van der Waals surface area contributed by atoms with Crippen LogP contribution in [-0.2, 0) is 16.1 Å². The zero-order chi connectivity index (χ0) is 19.3. The van der Waals surface area contributed by atoms with Crippen LogP contribution in [0.15, 0.2) is 24.3 Å². The van der Waals surface area contributed by atoms with Gasteiger partial charge in [-0.3, -0.25) is 4.79 Å². The number of ether oxygens (including phenoxy) is 2. The van der Waals surface area contributed by atoms with Gasteiger partial charge in [-0.05, 0) is 38.5 Å². The van der Waals surface area contributed by atoms with Crippen LogP contribution in [-0.4, -0.2) is 35.2 Å². The van der Waals surface area contributed by atoms with Crippen LogP contribution < -0.4 is 10.1 Å². The fourth-order valence-corrected chi connectivity index (χ4v) is 3.16. The molecule has 26 heavy (non-hydrogen) atoms. The van der Waals surface area contributed by atoms with Crippen molar-refractivity contribution in [2.75, 3.05) is 7.11 Å². The van der Waals surface area contributed by atoms with Crippen molar-refractivity contribution in [3.05, 3.63) is 45.4 Å². The standard InChI is InChI=1S/C18H22N2O5S/c1-10-15(18(22)23)26-17(20-10)11(2)19-16(21)12(3)25-9-13-6-5-7-14(8-13)24-4/h5-8,11-12H,9H2,1-4H3,(H,19,21)(H,22,23). The quantitative estimate of drug-likeness (QED) is 0.733. The first kappa shape index (κ1) is 19.9. The minimum atomic E-state index is -1.01. The molecule has 2 unspecified atom stereocenters. The maximum atomic E-state index is 12.3. The molecule has 0 radical (unpaired) electrons. The molecule has 1 amide bonds. The molecular weight excluding hydrogens is 356 g/mol. The highest BCUT2D eigenvalue weighted by Gasteiger charge is 2.21. The number of nitrogens with one attached hydrogen (secondary N) is 1. The van der Waals surface area contributed by atoms with Gasteiger partial charge in [-0.15, -0.1) is 11.3 Å². The zero-order valence-corrected chi connectivity index (χ0v) is 15.9. The first-order valence-electron chi connectivity index (χ1n) is 8.07. The maximum Gasteiger partial charge on any atom is 0.347 e. The van der Waals surface area contributed by atoms with Crippen molar-refractivity contribution in [1.82, 2.24) is 10.3 Å². The molecule has 7 nitrogen and oxygen atoms in total. The summed E-state index contributed by atoms with van der Waals surface area (Å²) in [4.78, 5) is 27.8. The van der Waals surface area contributed by atoms with Gasteiger partial charge in [0.15, 0.2) is 0 Å². The Morgan fingerprint density at radius 2 is 2.08 bits per heavy atom. The van der Waals surface area contributed by atoms with Crippen molar-refractivity contribution in [1.29, 1.82) is 0 Å². The Hall–Kier alpha value is -2.45. The number of carbonyl (C=O) groups excluding carboxylic acids is 1. The summed E-state index contributed by atoms with van der Waals surface area (Å²) in [6.07, 6.45) is -0.663. The molecule has 0 fully saturated rings. The first-order chi connectivity index (χ1) is 12.3. The smallest absolute Gasteiger partial charge is 0.347 e. The molecule has 0 bridgehead atoms. The molecule has 140 valence electrons. The summed E-state index contributed by atoms with van der Waals surface area (Å²) >= 11 is 1.06. The van der Waals surface area contributed by atoms with Gasteiger partial charge >= 0.3 is 5.97 Å². The number of thiazole rings is 1. The fraction of sp³-hybridized carbons (Fsp3) is 0.389. The van der Waals surface area contributed by atoms with E-state index in [1.807, 2.05) is 24.3 Å². The molecule has 1 heterocycles. The van der Waals surface area contributed by atoms with Crippen LogP contribution in [0.25, 0.3) is 0 Å². The molecule has 0 aliphatic rings. The number of carbonyl (C=O) groups is 2. The van der Waals surface area contributed by atoms with Gasteiger partial charge in [-0.1, -0.05) is 12.1 Å². The normalized spacial score (nSPS) is 13.1. The lowest BCUT2D eigenvalue weighted by Gasteiger charge is -2.17. The minimum absolute atomic E-state index is 0.184. The van der Waals surface area contributed by atoms with E-state index in [2.05, 4.69) is 10.3 Å². The number of benzene rings is 1. The predicted molar refractivity (Wildman–Crippen MR) is 97.6 cm³/mol. The molecular formula is C18H22N2O5S. The third-order valence-corrected chi connectivity index (χ3v) is 5.07. The number of aromatic carboxylic acids is 1. The van der Waals surface area contributed by atoms with Crippen molar-refractivity contribution in [2.24, 2.45) is 0 Å². The minimum Gasteiger partial charge on any atom is -0.497 e. The molecule has 1 aromatic carbocycles. The fourth-order valence-electron chi connectivity index (χ4n) is 2.25. The molecule has 2 N–H and O–H groups in total. The second kappa shape index (κ2) is 8.77. The summed E-state index contributed by atoms with van der Waals surface area (Å²) in [5.41, 5.74) is 1.35. The summed E-state index contributed by atoms with van der Waals surface area (Å²) in [5, 5.41) is 12.5. The lowest BCUT2D eigenvalue weighted by molar-refractivity contribution is -0.133. The number of rotatable bonds is 8. The van der Waals surface area contributed by atoms with Crippen molar-refractivity contribution in [3.63, 3.8) is 0 Å². The molecule has 2 aromatic rings. The number of aromatic nitrogens is 1. The number of hydrogen-bond acceptors (Lipinski definition) is 6. The average molecular weight is 378 g/mol. The van der Waals surface area contributed by atoms with Gasteiger partial charge in [0, 0.05) is 0 Å². The van der Waals surface area contributed by atoms with E-state index in [-0.39, 0.29) is 17.4 Å². The summed E-state index contributed by atoms with van der Waals surface area (Å²) in [6, 6.07) is 7.03. The molecule has 0 aliphatic carbocycles. The number of nitrogens with zero attached hydrogens (tertiary/aromatic N) is 1. The van der Waals surface area contributed by atoms with Crippen LogP contribution in [0.3, 0.4) is 0 Å². The molecule has 0 aliphatic heterocycles. The van der Waals surface area contributed by atoms with Crippen molar-refractivity contribution >= 4 is 23.2 Å². The monoisotopic (exact) mass is 378 g/mol. The van der Waals surface area contributed by atoms with Crippen LogP contribution in [0, 0.1) is 6.92 Å². The maximum absolute atomic E-state index is 12.3. The molecule has 8 heteroatoms. The Balaban J connectivity index is 1.91. The van der Waals surface area contributed by atoms with E-state index in [1.165, 1.54) is 0 Å². The van der Waals surface area contributed by atoms with Gasteiger partial charge in [0.25, 0.3) is 0 Å². The highest BCUT2D eigenvalue weighted by molar-refractivity contribution is 7.13. The van der Waals surface area contributed by atoms with Gasteiger partial charge in [0.1, 0.15) is 21.7 Å². The van der Waals surface area contributed by atoms with Gasteiger partial charge in [0.05, 0.1) is 25.5 Å². The van der Waals surface area contributed by atoms with Crippen LogP contribution >= 0.6 is 11.3 Å². The molecule has 0 saturated carbocycles. The summed E-state index contributed by atoms with van der Waals surface area (Å²) in [6.45, 7) is 5.34. The highest BCUT2D eigenvalue weighted by atomic mass is 32.1. The third-order valence-electron chi connectivity index (χ3n) is 3.74. The number of methoxy groups -OCH3 is 1. The van der Waals surface area contributed by atoms with E-state index in [9.17, 15) is 9.59 Å². The molecule has 0 spiro atoms. The second-order valence-corrected chi connectivity index (χ2v) is 6.84. The largest absolute Gasteiger partial charge is 0.497 e. The van der Waals surface area contributed by atoms with E-state index in [1.54, 1.807) is 27.9 Å². The Kier molecular flexibility index (Phi) is 6.70. The molecule has 1 aromatic heterocycles. The second-order valence-electron chi connectivity index (χ2n) is 5.81. The van der Waals surface area contributed by atoms with Crippen LogP contribution in [0.5, 0.6) is 5.75 Å². The molecule has 0 saturated heterocycles. The van der Waals surface area contributed by atoms with E-state index in [4.69, 9.17) is 14.6 Å². The van der Waals surface area contributed by atoms with Crippen LogP contribution in [0.2, 0.25) is 0 Å². The molecule has 2 atom stereocenters. The number of hydrogen-bond donors (Lipinski definition) is 2. The first-order valence-corrected chi connectivity index (χ1v) is 8.89. The highest BCUT2D eigenvalue weighted by Crippen LogP contribution is 2.23. The Bertz CT molecular complexity index is 790. The Morgan fingerprint density at radius 3 is 2.69 bits per heavy atom. The van der Waals surface area contributed by atoms with Gasteiger partial charge in [-0.2, -0.15) is 0 Å².